The third kappa shape index (κ3) is 6.96. The molecule has 0 atom stereocenters. The number of Topliss-reactive ketones (excluding diaryl/α,β-unsaturated/α-hetero) is 1. The molecule has 0 amide bonds. The Morgan fingerprint density at radius 2 is 1.86 bits per heavy atom. The Hall–Kier alpha value is -1.06. The molecule has 1 rings (SSSR count). The van der Waals surface area contributed by atoms with E-state index in [1.807, 2.05) is 0 Å². The normalized spacial score (nSPS) is 10.6. The molecule has 1 aromatic rings. The summed E-state index contributed by atoms with van der Waals surface area (Å²) in [4.78, 5) is 11.9. The Morgan fingerprint density at radius 1 is 1.14 bits per heavy atom. The van der Waals surface area contributed by atoms with Gasteiger partial charge < -0.3 is 9.47 Å². The van der Waals surface area contributed by atoms with E-state index in [4.69, 9.17) is 21.1 Å². The lowest BCUT2D eigenvalue weighted by atomic mass is 10.1. The highest BCUT2D eigenvalue weighted by Crippen LogP contribution is 2.25. The molecule has 0 aromatic heterocycles. The molecule has 0 aliphatic carbocycles. The highest BCUT2D eigenvalue weighted by Gasteiger charge is 2.09. The van der Waals surface area contributed by atoms with Gasteiger partial charge in [0.05, 0.1) is 12.1 Å². The average Bonchev–Trinajstić information content (AvgIpc) is 2.49. The number of carbonyl (C=O) groups is 1. The molecule has 118 valence electrons. The van der Waals surface area contributed by atoms with Crippen molar-refractivity contribution in [1.29, 1.82) is 0 Å². The highest BCUT2D eigenvalue weighted by molar-refractivity contribution is 6.32. The van der Waals surface area contributed by atoms with Gasteiger partial charge >= 0.3 is 0 Å². The monoisotopic (exact) mass is 312 g/mol. The van der Waals surface area contributed by atoms with Gasteiger partial charge in [0.25, 0.3) is 0 Å². The summed E-state index contributed by atoms with van der Waals surface area (Å²) < 4.78 is 10.5. The Balaban J connectivity index is 2.20. The van der Waals surface area contributed by atoms with Crippen LogP contribution in [-0.4, -0.2) is 26.1 Å². The van der Waals surface area contributed by atoms with Gasteiger partial charge in [-0.1, -0.05) is 50.6 Å². The van der Waals surface area contributed by atoms with Crippen LogP contribution in [0.3, 0.4) is 0 Å². The largest absolute Gasteiger partial charge is 0.495 e. The first-order chi connectivity index (χ1) is 10.2. The zero-order valence-electron chi connectivity index (χ0n) is 13.0. The molecule has 0 heterocycles. The Labute approximate surface area is 132 Å². The Kier molecular flexibility index (Phi) is 9.11. The number of ketones is 1. The maximum atomic E-state index is 11.9. The molecule has 1 aromatic carbocycles. The fraction of sp³-hybridized carbons (Fsp3) is 0.588. The first-order valence-corrected chi connectivity index (χ1v) is 8.01. The molecule has 0 N–H and O–H groups in total. The van der Waals surface area contributed by atoms with E-state index in [0.29, 0.717) is 22.9 Å². The quantitative estimate of drug-likeness (QED) is 0.430. The smallest absolute Gasteiger partial charge is 0.188 e. The number of carbonyl (C=O) groups excluding carboxylic acids is 1. The number of halogens is 1. The van der Waals surface area contributed by atoms with Crippen molar-refractivity contribution in [1.82, 2.24) is 0 Å². The van der Waals surface area contributed by atoms with Crippen LogP contribution in [0.25, 0.3) is 0 Å². The zero-order chi connectivity index (χ0) is 15.5. The Bertz CT molecular complexity index is 432. The number of ether oxygens (including phenoxy) is 2. The van der Waals surface area contributed by atoms with E-state index < -0.39 is 0 Å². The molecule has 21 heavy (non-hydrogen) atoms. The molecular weight excluding hydrogens is 288 g/mol. The third-order valence-corrected chi connectivity index (χ3v) is 3.64. The molecule has 0 saturated carbocycles. The molecule has 0 spiro atoms. The van der Waals surface area contributed by atoms with Crippen molar-refractivity contribution in [3.05, 3.63) is 28.8 Å². The molecule has 0 aliphatic rings. The summed E-state index contributed by atoms with van der Waals surface area (Å²) in [5, 5.41) is 0.444. The van der Waals surface area contributed by atoms with Crippen molar-refractivity contribution in [2.45, 2.75) is 45.4 Å². The van der Waals surface area contributed by atoms with Crippen molar-refractivity contribution >= 4 is 17.4 Å². The van der Waals surface area contributed by atoms with E-state index >= 15 is 0 Å². The van der Waals surface area contributed by atoms with Gasteiger partial charge in [0.2, 0.25) is 0 Å². The summed E-state index contributed by atoms with van der Waals surface area (Å²) in [6.07, 6.45) is 7.29. The van der Waals surface area contributed by atoms with E-state index in [0.717, 1.165) is 6.42 Å². The molecule has 0 radical (unpaired) electrons. The fourth-order valence-corrected chi connectivity index (χ4v) is 2.33. The number of methoxy groups -OCH3 is 1. The number of hydrogen-bond acceptors (Lipinski definition) is 3. The van der Waals surface area contributed by atoms with Crippen molar-refractivity contribution < 1.29 is 14.3 Å². The van der Waals surface area contributed by atoms with Crippen molar-refractivity contribution in [2.24, 2.45) is 0 Å². The summed E-state index contributed by atoms with van der Waals surface area (Å²) in [6, 6.07) is 5.03. The molecule has 4 heteroatoms. The fourth-order valence-electron chi connectivity index (χ4n) is 2.07. The van der Waals surface area contributed by atoms with Gasteiger partial charge in [0.15, 0.2) is 5.78 Å². The number of unbranched alkanes of at least 4 members (excludes halogenated alkanes) is 5. The van der Waals surface area contributed by atoms with Crippen LogP contribution in [0, 0.1) is 0 Å². The van der Waals surface area contributed by atoms with Crippen LogP contribution in [0.5, 0.6) is 5.75 Å². The summed E-state index contributed by atoms with van der Waals surface area (Å²) in [6.45, 7) is 2.96. The second-order valence-corrected chi connectivity index (χ2v) is 5.50. The summed E-state index contributed by atoms with van der Waals surface area (Å²) in [5.41, 5.74) is 0.559. The summed E-state index contributed by atoms with van der Waals surface area (Å²) >= 11 is 6.00. The lowest BCUT2D eigenvalue weighted by Crippen LogP contribution is -2.10. The standard InChI is InChI=1S/C17H25ClO3/c1-3-4-5-6-7-8-11-21-13-16(19)14-9-10-17(20-2)15(18)12-14/h9-10,12H,3-8,11,13H2,1-2H3. The third-order valence-electron chi connectivity index (χ3n) is 3.35. The summed E-state index contributed by atoms with van der Waals surface area (Å²) in [7, 11) is 1.55. The predicted octanol–water partition coefficient (Wildman–Crippen LogP) is 4.91. The van der Waals surface area contributed by atoms with Crippen LogP contribution in [0.2, 0.25) is 5.02 Å². The van der Waals surface area contributed by atoms with Gasteiger partial charge in [-0.2, -0.15) is 0 Å². The van der Waals surface area contributed by atoms with Crippen LogP contribution in [0.15, 0.2) is 18.2 Å². The lowest BCUT2D eigenvalue weighted by molar-refractivity contribution is 0.0752. The molecule has 0 aliphatic heterocycles. The number of hydrogen-bond donors (Lipinski definition) is 0. The molecule has 0 bridgehead atoms. The summed E-state index contributed by atoms with van der Waals surface area (Å²) in [5.74, 6) is 0.520. The molecule has 3 nitrogen and oxygen atoms in total. The zero-order valence-corrected chi connectivity index (χ0v) is 13.7. The number of benzene rings is 1. The van der Waals surface area contributed by atoms with Crippen LogP contribution >= 0.6 is 11.6 Å². The Morgan fingerprint density at radius 3 is 2.52 bits per heavy atom. The minimum atomic E-state index is -0.0504. The highest BCUT2D eigenvalue weighted by atomic mass is 35.5. The van der Waals surface area contributed by atoms with Crippen LogP contribution in [0.1, 0.15) is 55.8 Å². The van der Waals surface area contributed by atoms with Crippen LogP contribution < -0.4 is 4.74 Å². The van der Waals surface area contributed by atoms with E-state index in [1.165, 1.54) is 32.1 Å². The predicted molar refractivity (Wildman–Crippen MR) is 86.5 cm³/mol. The number of rotatable bonds is 11. The first-order valence-electron chi connectivity index (χ1n) is 7.63. The van der Waals surface area contributed by atoms with Gasteiger partial charge in [-0.25, -0.2) is 0 Å². The van der Waals surface area contributed by atoms with E-state index in [9.17, 15) is 4.79 Å². The molecule has 0 unspecified atom stereocenters. The molecule has 0 saturated heterocycles. The SMILES string of the molecule is CCCCCCCCOCC(=O)c1ccc(OC)c(Cl)c1. The minimum Gasteiger partial charge on any atom is -0.495 e. The first kappa shape index (κ1) is 18.0. The second kappa shape index (κ2) is 10.6. The minimum absolute atomic E-state index is 0.0504. The maximum absolute atomic E-state index is 11.9. The maximum Gasteiger partial charge on any atom is 0.188 e. The van der Waals surface area contributed by atoms with Crippen molar-refractivity contribution in [3.63, 3.8) is 0 Å². The second-order valence-electron chi connectivity index (χ2n) is 5.09. The van der Waals surface area contributed by atoms with E-state index in [1.54, 1.807) is 25.3 Å². The topological polar surface area (TPSA) is 35.5 Å². The van der Waals surface area contributed by atoms with Gasteiger partial charge in [-0.05, 0) is 24.6 Å². The van der Waals surface area contributed by atoms with Crippen LogP contribution in [0.4, 0.5) is 0 Å². The van der Waals surface area contributed by atoms with Gasteiger partial charge in [-0.15, -0.1) is 0 Å². The molecule has 0 fully saturated rings. The van der Waals surface area contributed by atoms with Gasteiger partial charge in [-0.3, -0.25) is 4.79 Å². The van der Waals surface area contributed by atoms with E-state index in [-0.39, 0.29) is 12.4 Å². The van der Waals surface area contributed by atoms with E-state index in [2.05, 4.69) is 6.92 Å². The van der Waals surface area contributed by atoms with Crippen molar-refractivity contribution in [2.75, 3.05) is 20.3 Å². The van der Waals surface area contributed by atoms with Crippen molar-refractivity contribution in [3.8, 4) is 5.75 Å². The van der Waals surface area contributed by atoms with Crippen LogP contribution in [-0.2, 0) is 4.74 Å². The van der Waals surface area contributed by atoms with Gasteiger partial charge in [0.1, 0.15) is 12.4 Å². The van der Waals surface area contributed by atoms with Gasteiger partial charge in [0, 0.05) is 12.2 Å². The lowest BCUT2D eigenvalue weighted by Gasteiger charge is -2.06. The molecular formula is C17H25ClO3. The average molecular weight is 313 g/mol.